The third-order valence-corrected chi connectivity index (χ3v) is 3.77. The van der Waals surface area contributed by atoms with Gasteiger partial charge in [0.1, 0.15) is 11.8 Å². The molecule has 0 unspecified atom stereocenters. The second kappa shape index (κ2) is 4.67. The lowest BCUT2D eigenvalue weighted by Gasteiger charge is -2.25. The zero-order valence-corrected chi connectivity index (χ0v) is 9.25. The van der Waals surface area contributed by atoms with Gasteiger partial charge in [-0.15, -0.1) is 11.6 Å². The highest BCUT2D eigenvalue weighted by molar-refractivity contribution is 7.90. The first kappa shape index (κ1) is 14.0. The molecule has 0 saturated carbocycles. The largest absolute Gasteiger partial charge is 0.402 e. The minimum absolute atomic E-state index is 0.333. The van der Waals surface area contributed by atoms with Crippen LogP contribution in [0.5, 0.6) is 0 Å². The minimum Gasteiger partial charge on any atom is -0.211 e. The van der Waals surface area contributed by atoms with Crippen LogP contribution in [-0.2, 0) is 10.0 Å². The van der Waals surface area contributed by atoms with E-state index in [1.54, 1.807) is 0 Å². The molecule has 0 aromatic heterocycles. The summed E-state index contributed by atoms with van der Waals surface area (Å²) in [4.78, 5) is 0. The predicted molar refractivity (Wildman–Crippen MR) is 47.5 cm³/mol. The molecule has 0 fully saturated rings. The maximum atomic E-state index is 12.0. The van der Waals surface area contributed by atoms with Crippen molar-refractivity contribution in [3.8, 4) is 0 Å². The van der Waals surface area contributed by atoms with Crippen LogP contribution in [0.25, 0.3) is 0 Å². The van der Waals surface area contributed by atoms with Crippen LogP contribution in [0.15, 0.2) is 0 Å². The van der Waals surface area contributed by atoms with Crippen molar-refractivity contribution >= 4 is 21.6 Å². The maximum absolute atomic E-state index is 12.0. The Labute approximate surface area is 85.9 Å². The highest BCUT2D eigenvalue weighted by Gasteiger charge is 2.37. The van der Waals surface area contributed by atoms with Crippen LogP contribution in [-0.4, -0.2) is 36.7 Å². The molecule has 0 saturated heterocycles. The van der Waals surface area contributed by atoms with Crippen LogP contribution in [0.2, 0.25) is 0 Å². The van der Waals surface area contributed by atoms with Gasteiger partial charge in [-0.1, -0.05) is 0 Å². The van der Waals surface area contributed by atoms with Gasteiger partial charge in [0.2, 0.25) is 10.0 Å². The normalized spacial score (nSPS) is 14.0. The summed E-state index contributed by atoms with van der Waals surface area (Å²) >= 11 is 5.06. The highest BCUT2D eigenvalue weighted by Crippen LogP contribution is 2.20. The van der Waals surface area contributed by atoms with Gasteiger partial charge in [0.05, 0.1) is 0 Å². The average Bonchev–Trinajstić information content (AvgIpc) is 1.98. The molecule has 0 spiro atoms. The van der Waals surface area contributed by atoms with E-state index in [0.29, 0.717) is 4.31 Å². The summed E-state index contributed by atoms with van der Waals surface area (Å²) in [7, 11) is -4.01. The SMILES string of the molecule is CC(C)N(CC(F)(F)F)S(=O)(=O)CCl. The zero-order chi connectivity index (χ0) is 11.6. The highest BCUT2D eigenvalue weighted by atomic mass is 35.5. The Morgan fingerprint density at radius 3 is 2.00 bits per heavy atom. The van der Waals surface area contributed by atoms with E-state index >= 15 is 0 Å². The Balaban J connectivity index is 4.81. The molecule has 8 heteroatoms. The van der Waals surface area contributed by atoms with Crippen LogP contribution >= 0.6 is 11.6 Å². The van der Waals surface area contributed by atoms with Gasteiger partial charge in [0, 0.05) is 6.04 Å². The first-order valence-corrected chi connectivity index (χ1v) is 5.87. The second-order valence-corrected chi connectivity index (χ2v) is 5.48. The molecule has 0 aromatic carbocycles. The Bertz CT molecular complexity index is 275. The fourth-order valence-corrected chi connectivity index (χ4v) is 2.33. The summed E-state index contributed by atoms with van der Waals surface area (Å²) < 4.78 is 58.5. The number of halogens is 4. The Morgan fingerprint density at radius 2 is 1.79 bits per heavy atom. The molecule has 0 atom stereocenters. The molecule has 0 aromatic rings. The Kier molecular flexibility index (Phi) is 4.67. The molecular formula is C6H11ClF3NO2S. The van der Waals surface area contributed by atoms with Crippen LogP contribution in [0.3, 0.4) is 0 Å². The van der Waals surface area contributed by atoms with E-state index in [-0.39, 0.29) is 0 Å². The van der Waals surface area contributed by atoms with Crippen molar-refractivity contribution in [1.82, 2.24) is 4.31 Å². The first-order valence-electron chi connectivity index (χ1n) is 3.72. The zero-order valence-electron chi connectivity index (χ0n) is 7.68. The number of hydrogen-bond acceptors (Lipinski definition) is 2. The predicted octanol–water partition coefficient (Wildman–Crippen LogP) is 1.79. The average molecular weight is 254 g/mol. The smallest absolute Gasteiger partial charge is 0.211 e. The van der Waals surface area contributed by atoms with Crippen molar-refractivity contribution in [3.63, 3.8) is 0 Å². The number of rotatable bonds is 4. The van der Waals surface area contributed by atoms with Gasteiger partial charge in [0.25, 0.3) is 0 Å². The number of hydrogen-bond donors (Lipinski definition) is 0. The van der Waals surface area contributed by atoms with E-state index < -0.39 is 34.0 Å². The number of sulfonamides is 1. The van der Waals surface area contributed by atoms with Gasteiger partial charge in [-0.25, -0.2) is 8.42 Å². The molecule has 0 N–H and O–H groups in total. The van der Waals surface area contributed by atoms with E-state index in [1.165, 1.54) is 13.8 Å². The van der Waals surface area contributed by atoms with E-state index in [2.05, 4.69) is 0 Å². The lowest BCUT2D eigenvalue weighted by molar-refractivity contribution is -0.138. The van der Waals surface area contributed by atoms with E-state index in [9.17, 15) is 21.6 Å². The molecule has 0 radical (unpaired) electrons. The number of alkyl halides is 4. The monoisotopic (exact) mass is 253 g/mol. The van der Waals surface area contributed by atoms with Gasteiger partial charge in [-0.3, -0.25) is 0 Å². The van der Waals surface area contributed by atoms with Crippen molar-refractivity contribution in [2.45, 2.75) is 26.1 Å². The van der Waals surface area contributed by atoms with Gasteiger partial charge in [-0.05, 0) is 13.8 Å². The van der Waals surface area contributed by atoms with Crippen molar-refractivity contribution < 1.29 is 21.6 Å². The van der Waals surface area contributed by atoms with Crippen LogP contribution in [0.1, 0.15) is 13.8 Å². The molecule has 0 aliphatic carbocycles. The fraction of sp³-hybridized carbons (Fsp3) is 1.00. The summed E-state index contributed by atoms with van der Waals surface area (Å²) in [5.74, 6) is 0. The molecule has 0 aliphatic heterocycles. The molecule has 0 amide bonds. The summed E-state index contributed by atoms with van der Waals surface area (Å²) in [6, 6.07) is -0.764. The van der Waals surface area contributed by atoms with Crippen molar-refractivity contribution in [2.24, 2.45) is 0 Å². The topological polar surface area (TPSA) is 37.4 Å². The standard InChI is InChI=1S/C6H11ClF3NO2S/c1-5(2)11(3-6(8,9)10)14(12,13)4-7/h5H,3-4H2,1-2H3. The van der Waals surface area contributed by atoms with Crippen molar-refractivity contribution in [2.75, 3.05) is 11.8 Å². The van der Waals surface area contributed by atoms with E-state index in [0.717, 1.165) is 0 Å². The van der Waals surface area contributed by atoms with Gasteiger partial charge < -0.3 is 0 Å². The lowest BCUT2D eigenvalue weighted by atomic mass is 10.4. The van der Waals surface area contributed by atoms with Crippen molar-refractivity contribution in [1.29, 1.82) is 0 Å². The second-order valence-electron chi connectivity index (χ2n) is 2.98. The Morgan fingerprint density at radius 1 is 1.36 bits per heavy atom. The molecule has 0 aliphatic rings. The van der Waals surface area contributed by atoms with Gasteiger partial charge in [-0.2, -0.15) is 17.5 Å². The molecule has 0 heterocycles. The van der Waals surface area contributed by atoms with Gasteiger partial charge >= 0.3 is 6.18 Å². The molecular weight excluding hydrogens is 243 g/mol. The summed E-state index contributed by atoms with van der Waals surface area (Å²) in [5, 5.41) is -0.846. The van der Waals surface area contributed by atoms with Crippen molar-refractivity contribution in [3.05, 3.63) is 0 Å². The molecule has 3 nitrogen and oxygen atoms in total. The molecule has 14 heavy (non-hydrogen) atoms. The molecule has 86 valence electrons. The third kappa shape index (κ3) is 4.47. The maximum Gasteiger partial charge on any atom is 0.402 e. The van der Waals surface area contributed by atoms with E-state index in [1.807, 2.05) is 0 Å². The fourth-order valence-electron chi connectivity index (χ4n) is 0.842. The third-order valence-electron chi connectivity index (χ3n) is 1.41. The van der Waals surface area contributed by atoms with Crippen LogP contribution in [0, 0.1) is 0 Å². The van der Waals surface area contributed by atoms with E-state index in [4.69, 9.17) is 11.6 Å². The van der Waals surface area contributed by atoms with Crippen LogP contribution < -0.4 is 0 Å². The first-order chi connectivity index (χ1) is 6.10. The van der Waals surface area contributed by atoms with Crippen LogP contribution in [0.4, 0.5) is 13.2 Å². The molecule has 0 rings (SSSR count). The Hall–Kier alpha value is -0.0100. The summed E-state index contributed by atoms with van der Waals surface area (Å²) in [6.45, 7) is 1.21. The summed E-state index contributed by atoms with van der Waals surface area (Å²) in [6.07, 6.45) is -4.55. The summed E-state index contributed by atoms with van der Waals surface area (Å²) in [5.41, 5.74) is 0. The quantitative estimate of drug-likeness (QED) is 0.717. The lowest BCUT2D eigenvalue weighted by Crippen LogP contribution is -2.43. The minimum atomic E-state index is -4.55. The molecule has 0 bridgehead atoms. The number of nitrogens with zero attached hydrogens (tertiary/aromatic N) is 1. The van der Waals surface area contributed by atoms with Gasteiger partial charge in [0.15, 0.2) is 0 Å².